The first-order valence-corrected chi connectivity index (χ1v) is 8.35. The number of carbonyl (C=O) groups is 2. The van der Waals surface area contributed by atoms with Crippen molar-refractivity contribution in [2.45, 2.75) is 37.9 Å². The van der Waals surface area contributed by atoms with Crippen LogP contribution in [0.2, 0.25) is 0 Å². The average Bonchev–Trinajstić information content (AvgIpc) is 3.21. The lowest BCUT2D eigenvalue weighted by Gasteiger charge is -2.25. The van der Waals surface area contributed by atoms with Gasteiger partial charge in [-0.05, 0) is 37.5 Å². The van der Waals surface area contributed by atoms with Gasteiger partial charge in [-0.2, -0.15) is 13.2 Å². The zero-order valence-corrected chi connectivity index (χ0v) is 13.7. The van der Waals surface area contributed by atoms with Gasteiger partial charge in [0, 0.05) is 43.3 Å². The molecule has 0 saturated carbocycles. The van der Waals surface area contributed by atoms with E-state index in [0.29, 0.717) is 25.9 Å². The summed E-state index contributed by atoms with van der Waals surface area (Å²) in [6, 6.07) is 3.02. The van der Waals surface area contributed by atoms with Crippen LogP contribution in [0, 0.1) is 0 Å². The molecule has 2 saturated heterocycles. The largest absolute Gasteiger partial charge is 0.416 e. The van der Waals surface area contributed by atoms with Crippen LogP contribution in [-0.2, 0) is 11.0 Å². The second-order valence-corrected chi connectivity index (χ2v) is 6.45. The van der Waals surface area contributed by atoms with Gasteiger partial charge < -0.3 is 15.5 Å². The Hall–Kier alpha value is -2.09. The van der Waals surface area contributed by atoms with E-state index >= 15 is 0 Å². The molecule has 0 aliphatic carbocycles. The molecule has 0 unspecified atom stereocenters. The third-order valence-corrected chi connectivity index (χ3v) is 4.79. The molecule has 8 heteroatoms. The quantitative estimate of drug-likeness (QED) is 0.905. The molecule has 0 spiro atoms. The van der Waals surface area contributed by atoms with Crippen LogP contribution in [0.3, 0.4) is 0 Å². The third kappa shape index (κ3) is 3.49. The van der Waals surface area contributed by atoms with Crippen LogP contribution in [0.1, 0.15) is 41.6 Å². The summed E-state index contributed by atoms with van der Waals surface area (Å²) >= 11 is 0. The van der Waals surface area contributed by atoms with Gasteiger partial charge in [0.1, 0.15) is 0 Å². The molecular formula is C17H20F3N3O2. The van der Waals surface area contributed by atoms with Crippen molar-refractivity contribution in [3.05, 3.63) is 29.3 Å². The molecular weight excluding hydrogens is 335 g/mol. The first-order valence-electron chi connectivity index (χ1n) is 8.35. The fourth-order valence-electron chi connectivity index (χ4n) is 3.49. The third-order valence-electron chi connectivity index (χ3n) is 4.79. The zero-order valence-electron chi connectivity index (χ0n) is 13.7. The van der Waals surface area contributed by atoms with Crippen molar-refractivity contribution in [3.63, 3.8) is 0 Å². The van der Waals surface area contributed by atoms with Crippen LogP contribution in [-0.4, -0.2) is 42.4 Å². The van der Waals surface area contributed by atoms with Crippen LogP contribution >= 0.6 is 0 Å². The molecule has 0 radical (unpaired) electrons. The summed E-state index contributed by atoms with van der Waals surface area (Å²) in [7, 11) is 0. The topological polar surface area (TPSA) is 66.6 Å². The number of nitrogens with two attached hydrogens (primary N) is 1. The molecule has 2 amide bonds. The predicted molar refractivity (Wildman–Crippen MR) is 86.1 cm³/mol. The first kappa shape index (κ1) is 17.7. The number of nitrogens with zero attached hydrogens (tertiary/aromatic N) is 2. The Morgan fingerprint density at radius 3 is 2.56 bits per heavy atom. The minimum atomic E-state index is -4.59. The van der Waals surface area contributed by atoms with Crippen molar-refractivity contribution in [2.24, 2.45) is 5.73 Å². The van der Waals surface area contributed by atoms with E-state index in [1.54, 1.807) is 0 Å². The maximum absolute atomic E-state index is 13.3. The Balaban J connectivity index is 2.00. The molecule has 2 aliphatic rings. The number of hydrogen-bond acceptors (Lipinski definition) is 3. The highest BCUT2D eigenvalue weighted by molar-refractivity contribution is 5.99. The lowest BCUT2D eigenvalue weighted by molar-refractivity contribution is -0.137. The highest BCUT2D eigenvalue weighted by Gasteiger charge is 2.35. The normalized spacial score (nSPS) is 21.3. The molecule has 2 N–H and O–H groups in total. The molecule has 2 fully saturated rings. The Bertz CT molecular complexity index is 690. The molecule has 2 aliphatic heterocycles. The highest BCUT2D eigenvalue weighted by Crippen LogP contribution is 2.35. The standard InChI is InChI=1S/C17H20F3N3O2/c18-17(19,20)12-7-11(16(25)23-6-1-3-13(23)10-21)8-14(9-12)22-5-2-4-15(22)24/h7-9,13H,1-6,10,21H2/t13-/m0/s1. The lowest BCUT2D eigenvalue weighted by atomic mass is 10.1. The number of benzene rings is 1. The average molecular weight is 355 g/mol. The van der Waals surface area contributed by atoms with Gasteiger partial charge in [0.15, 0.2) is 0 Å². The van der Waals surface area contributed by atoms with Crippen LogP contribution in [0.25, 0.3) is 0 Å². The summed E-state index contributed by atoms with van der Waals surface area (Å²) in [6.45, 7) is 1.13. The van der Waals surface area contributed by atoms with E-state index in [0.717, 1.165) is 25.0 Å². The number of hydrogen-bond donors (Lipinski definition) is 1. The van der Waals surface area contributed by atoms with E-state index in [-0.39, 0.29) is 29.7 Å². The van der Waals surface area contributed by atoms with Crippen molar-refractivity contribution in [2.75, 3.05) is 24.5 Å². The van der Waals surface area contributed by atoms with Crippen LogP contribution in [0.5, 0.6) is 0 Å². The molecule has 136 valence electrons. The summed E-state index contributed by atoms with van der Waals surface area (Å²) in [4.78, 5) is 27.5. The van der Waals surface area contributed by atoms with Gasteiger partial charge in [0.05, 0.1) is 5.56 Å². The van der Waals surface area contributed by atoms with Crippen molar-refractivity contribution in [3.8, 4) is 0 Å². The van der Waals surface area contributed by atoms with Crippen molar-refractivity contribution < 1.29 is 22.8 Å². The number of amides is 2. The van der Waals surface area contributed by atoms with Gasteiger partial charge in [0.2, 0.25) is 5.91 Å². The monoisotopic (exact) mass is 355 g/mol. The Labute approximate surface area is 143 Å². The molecule has 1 aromatic carbocycles. The summed E-state index contributed by atoms with van der Waals surface area (Å²) in [6.07, 6.45) is -2.16. The maximum atomic E-state index is 13.3. The van der Waals surface area contributed by atoms with Crippen LogP contribution < -0.4 is 10.6 Å². The fourth-order valence-corrected chi connectivity index (χ4v) is 3.49. The van der Waals surface area contributed by atoms with Crippen LogP contribution in [0.15, 0.2) is 18.2 Å². The van der Waals surface area contributed by atoms with Gasteiger partial charge in [-0.3, -0.25) is 9.59 Å². The Morgan fingerprint density at radius 2 is 1.96 bits per heavy atom. The smallest absolute Gasteiger partial charge is 0.334 e. The van der Waals surface area contributed by atoms with E-state index < -0.39 is 17.6 Å². The van der Waals surface area contributed by atoms with Gasteiger partial charge in [-0.1, -0.05) is 0 Å². The van der Waals surface area contributed by atoms with Gasteiger partial charge >= 0.3 is 6.18 Å². The van der Waals surface area contributed by atoms with E-state index in [1.165, 1.54) is 15.9 Å². The molecule has 2 heterocycles. The number of anilines is 1. The number of halogens is 3. The number of alkyl halides is 3. The highest BCUT2D eigenvalue weighted by atomic mass is 19.4. The second-order valence-electron chi connectivity index (χ2n) is 6.45. The molecule has 1 atom stereocenters. The zero-order chi connectivity index (χ0) is 18.2. The minimum Gasteiger partial charge on any atom is -0.334 e. The molecule has 3 rings (SSSR count). The van der Waals surface area contributed by atoms with Crippen molar-refractivity contribution in [1.82, 2.24) is 4.90 Å². The summed E-state index contributed by atoms with van der Waals surface area (Å²) < 4.78 is 39.8. The number of likely N-dealkylation sites (tertiary alicyclic amines) is 1. The van der Waals surface area contributed by atoms with Gasteiger partial charge in [0.25, 0.3) is 5.91 Å². The van der Waals surface area contributed by atoms with Gasteiger partial charge in [-0.15, -0.1) is 0 Å². The predicted octanol–water partition coefficient (Wildman–Crippen LogP) is 2.40. The SMILES string of the molecule is NC[C@@H]1CCCN1C(=O)c1cc(N2CCCC2=O)cc(C(F)(F)F)c1. The van der Waals surface area contributed by atoms with E-state index in [1.807, 2.05) is 0 Å². The molecule has 0 aromatic heterocycles. The van der Waals surface area contributed by atoms with E-state index in [2.05, 4.69) is 0 Å². The summed E-state index contributed by atoms with van der Waals surface area (Å²) in [5.41, 5.74) is 4.82. The van der Waals surface area contributed by atoms with E-state index in [9.17, 15) is 22.8 Å². The minimum absolute atomic E-state index is 0.0510. The fraction of sp³-hybridized carbons (Fsp3) is 0.529. The molecule has 1 aromatic rings. The van der Waals surface area contributed by atoms with Crippen LogP contribution in [0.4, 0.5) is 18.9 Å². The Kier molecular flexibility index (Phi) is 4.73. The maximum Gasteiger partial charge on any atom is 0.416 e. The summed E-state index contributed by atoms with van der Waals surface area (Å²) in [5.74, 6) is -0.689. The first-order chi connectivity index (χ1) is 11.8. The summed E-state index contributed by atoms with van der Waals surface area (Å²) in [5, 5.41) is 0. The van der Waals surface area contributed by atoms with Crippen molar-refractivity contribution in [1.29, 1.82) is 0 Å². The molecule has 25 heavy (non-hydrogen) atoms. The van der Waals surface area contributed by atoms with E-state index in [4.69, 9.17) is 5.73 Å². The number of rotatable bonds is 3. The van der Waals surface area contributed by atoms with Gasteiger partial charge in [-0.25, -0.2) is 0 Å². The number of carbonyl (C=O) groups excluding carboxylic acids is 2. The lowest BCUT2D eigenvalue weighted by Crippen LogP contribution is -2.40. The second kappa shape index (κ2) is 6.67. The molecule has 0 bridgehead atoms. The molecule has 5 nitrogen and oxygen atoms in total. The van der Waals surface area contributed by atoms with Crippen molar-refractivity contribution >= 4 is 17.5 Å². The Morgan fingerprint density at radius 1 is 1.20 bits per heavy atom.